The van der Waals surface area contributed by atoms with Crippen LogP contribution in [0.1, 0.15) is 5.56 Å². The Bertz CT molecular complexity index is 365. The van der Waals surface area contributed by atoms with E-state index < -0.39 is 11.1 Å². The van der Waals surface area contributed by atoms with Crippen LogP contribution in [0.15, 0.2) is 23.1 Å². The first-order valence-corrected chi connectivity index (χ1v) is 5.24. The van der Waals surface area contributed by atoms with Crippen LogP contribution < -0.4 is 4.90 Å². The summed E-state index contributed by atoms with van der Waals surface area (Å²) in [5.74, 6) is 0. The van der Waals surface area contributed by atoms with E-state index in [0.29, 0.717) is 4.90 Å². The lowest BCUT2D eigenvalue weighted by Gasteiger charge is -2.11. The second-order valence-corrected chi connectivity index (χ2v) is 4.18. The van der Waals surface area contributed by atoms with Gasteiger partial charge >= 0.3 is 0 Å². The molecule has 1 aromatic rings. The lowest BCUT2D eigenvalue weighted by Crippen LogP contribution is -2.12. The topological polar surface area (TPSA) is 40.5 Å². The Hall–Kier alpha value is -0.870. The van der Waals surface area contributed by atoms with Gasteiger partial charge in [-0.1, -0.05) is 0 Å². The number of nitrogens with zero attached hydrogens (tertiary/aromatic N) is 1. The third-order valence-electron chi connectivity index (χ3n) is 2.38. The highest BCUT2D eigenvalue weighted by Crippen LogP contribution is 2.27. The highest BCUT2D eigenvalue weighted by molar-refractivity contribution is 7.79. The van der Waals surface area contributed by atoms with Gasteiger partial charge in [0.15, 0.2) is 11.1 Å². The van der Waals surface area contributed by atoms with Crippen LogP contribution in [0.4, 0.5) is 5.69 Å². The van der Waals surface area contributed by atoms with Crippen LogP contribution in [0.5, 0.6) is 0 Å². The minimum atomic E-state index is -1.85. The number of anilines is 1. The third-order valence-corrected chi connectivity index (χ3v) is 3.04. The standard InChI is InChI=1S/C9H11NO2S/c1-10-5-4-7-6-8(13(11)12)2-3-9(7)10/h2-3,6H,4-5H2,1H3,(H,11,12). The summed E-state index contributed by atoms with van der Waals surface area (Å²) in [5.41, 5.74) is 2.34. The van der Waals surface area contributed by atoms with E-state index in [9.17, 15) is 4.21 Å². The lowest BCUT2D eigenvalue weighted by molar-refractivity contribution is 0.564. The maximum Gasteiger partial charge on any atom is 0.186 e. The van der Waals surface area contributed by atoms with E-state index >= 15 is 0 Å². The molecule has 1 aliphatic heterocycles. The molecule has 0 aromatic heterocycles. The summed E-state index contributed by atoms with van der Waals surface area (Å²) >= 11 is -1.85. The van der Waals surface area contributed by atoms with Crippen LogP contribution in [0.25, 0.3) is 0 Å². The number of likely N-dealkylation sites (N-methyl/N-ethyl adjacent to an activating group) is 1. The first-order valence-electron chi connectivity index (χ1n) is 4.13. The lowest BCUT2D eigenvalue weighted by atomic mass is 10.2. The molecular formula is C9H11NO2S. The van der Waals surface area contributed by atoms with Crippen molar-refractivity contribution in [1.29, 1.82) is 0 Å². The highest BCUT2D eigenvalue weighted by Gasteiger charge is 2.16. The van der Waals surface area contributed by atoms with Gasteiger partial charge in [-0.25, -0.2) is 4.21 Å². The number of rotatable bonds is 1. The van der Waals surface area contributed by atoms with Crippen molar-refractivity contribution in [3.05, 3.63) is 23.8 Å². The van der Waals surface area contributed by atoms with Gasteiger partial charge in [-0.15, -0.1) is 0 Å². The normalized spacial score (nSPS) is 17.2. The SMILES string of the molecule is CN1CCc2cc(S(=O)O)ccc21. The van der Waals surface area contributed by atoms with Gasteiger partial charge in [-0.05, 0) is 30.2 Å². The minimum Gasteiger partial charge on any atom is -0.374 e. The second-order valence-electron chi connectivity index (χ2n) is 3.21. The predicted molar refractivity (Wildman–Crippen MR) is 52.5 cm³/mol. The Morgan fingerprint density at radius 2 is 2.31 bits per heavy atom. The molecule has 0 fully saturated rings. The molecular weight excluding hydrogens is 186 g/mol. The maximum absolute atomic E-state index is 10.8. The first-order chi connectivity index (χ1) is 6.18. The molecule has 3 nitrogen and oxygen atoms in total. The van der Waals surface area contributed by atoms with Crippen molar-refractivity contribution < 1.29 is 8.76 Å². The third kappa shape index (κ3) is 1.47. The Balaban J connectivity index is 2.45. The van der Waals surface area contributed by atoms with Crippen molar-refractivity contribution in [2.75, 3.05) is 18.5 Å². The fraction of sp³-hybridized carbons (Fsp3) is 0.333. The molecule has 0 aliphatic carbocycles. The van der Waals surface area contributed by atoms with E-state index in [1.54, 1.807) is 6.07 Å². The van der Waals surface area contributed by atoms with Crippen LogP contribution >= 0.6 is 0 Å². The highest BCUT2D eigenvalue weighted by atomic mass is 32.2. The van der Waals surface area contributed by atoms with Crippen molar-refractivity contribution >= 4 is 16.8 Å². The molecule has 4 heteroatoms. The predicted octanol–water partition coefficient (Wildman–Crippen LogP) is 1.26. The Kier molecular flexibility index (Phi) is 2.09. The van der Waals surface area contributed by atoms with Crippen LogP contribution in [0, 0.1) is 0 Å². The quantitative estimate of drug-likeness (QED) is 0.689. The summed E-state index contributed by atoms with van der Waals surface area (Å²) in [5, 5.41) is 0. The van der Waals surface area contributed by atoms with Gasteiger partial charge in [0.25, 0.3) is 0 Å². The monoisotopic (exact) mass is 197 g/mol. The van der Waals surface area contributed by atoms with Gasteiger partial charge in [-0.3, -0.25) is 0 Å². The summed E-state index contributed by atoms with van der Waals surface area (Å²) in [6.45, 7) is 0.997. The average Bonchev–Trinajstić information content (AvgIpc) is 2.47. The zero-order valence-corrected chi connectivity index (χ0v) is 8.17. The molecule has 1 heterocycles. The van der Waals surface area contributed by atoms with Crippen molar-refractivity contribution in [3.8, 4) is 0 Å². The van der Waals surface area contributed by atoms with Gasteiger partial charge in [0.1, 0.15) is 0 Å². The van der Waals surface area contributed by atoms with Gasteiger partial charge in [0.05, 0.1) is 4.90 Å². The Morgan fingerprint density at radius 1 is 1.54 bits per heavy atom. The van der Waals surface area contributed by atoms with Gasteiger partial charge < -0.3 is 9.45 Å². The Labute approximate surface area is 79.7 Å². The fourth-order valence-corrected chi connectivity index (χ4v) is 2.08. The average molecular weight is 197 g/mol. The van der Waals surface area contributed by atoms with E-state index in [4.69, 9.17) is 4.55 Å². The molecule has 70 valence electrons. The summed E-state index contributed by atoms with van der Waals surface area (Å²) in [7, 11) is 2.03. The molecule has 1 N–H and O–H groups in total. The molecule has 0 amide bonds. The zero-order chi connectivity index (χ0) is 9.42. The molecule has 0 saturated heterocycles. The van der Waals surface area contributed by atoms with Crippen LogP contribution in [0.2, 0.25) is 0 Å². The van der Waals surface area contributed by atoms with E-state index in [-0.39, 0.29) is 0 Å². The molecule has 1 unspecified atom stereocenters. The molecule has 0 spiro atoms. The van der Waals surface area contributed by atoms with Crippen molar-refractivity contribution in [1.82, 2.24) is 0 Å². The molecule has 1 aliphatic rings. The summed E-state index contributed by atoms with van der Waals surface area (Å²) in [6.07, 6.45) is 0.969. The van der Waals surface area contributed by atoms with Gasteiger partial charge in [0.2, 0.25) is 0 Å². The van der Waals surface area contributed by atoms with E-state index in [0.717, 1.165) is 13.0 Å². The number of hydrogen-bond acceptors (Lipinski definition) is 2. The second kappa shape index (κ2) is 3.12. The Morgan fingerprint density at radius 3 is 3.00 bits per heavy atom. The number of benzene rings is 1. The maximum atomic E-state index is 10.8. The van der Waals surface area contributed by atoms with E-state index in [1.807, 2.05) is 19.2 Å². The molecule has 0 bridgehead atoms. The number of fused-ring (bicyclic) bond motifs is 1. The van der Waals surface area contributed by atoms with E-state index in [2.05, 4.69) is 4.90 Å². The van der Waals surface area contributed by atoms with Gasteiger partial charge in [0, 0.05) is 19.3 Å². The molecule has 1 aromatic carbocycles. The van der Waals surface area contributed by atoms with Crippen LogP contribution in [-0.4, -0.2) is 22.4 Å². The first kappa shape index (κ1) is 8.72. The molecule has 0 saturated carbocycles. The van der Waals surface area contributed by atoms with E-state index in [1.165, 1.54) is 11.3 Å². The van der Waals surface area contributed by atoms with Gasteiger partial charge in [-0.2, -0.15) is 0 Å². The summed E-state index contributed by atoms with van der Waals surface area (Å²) in [6, 6.07) is 5.43. The summed E-state index contributed by atoms with van der Waals surface area (Å²) in [4.78, 5) is 2.65. The van der Waals surface area contributed by atoms with Crippen molar-refractivity contribution in [2.45, 2.75) is 11.3 Å². The number of hydrogen-bond donors (Lipinski definition) is 1. The smallest absolute Gasteiger partial charge is 0.186 e. The molecule has 13 heavy (non-hydrogen) atoms. The minimum absolute atomic E-state index is 0.494. The van der Waals surface area contributed by atoms with Crippen LogP contribution in [-0.2, 0) is 17.5 Å². The molecule has 0 radical (unpaired) electrons. The van der Waals surface area contributed by atoms with Crippen molar-refractivity contribution in [2.24, 2.45) is 0 Å². The summed E-state index contributed by atoms with van der Waals surface area (Å²) < 4.78 is 19.7. The fourth-order valence-electron chi connectivity index (χ4n) is 1.65. The van der Waals surface area contributed by atoms with Crippen molar-refractivity contribution in [3.63, 3.8) is 0 Å². The molecule has 2 rings (SSSR count). The zero-order valence-electron chi connectivity index (χ0n) is 7.36. The van der Waals surface area contributed by atoms with Crippen LogP contribution in [0.3, 0.4) is 0 Å². The molecule has 1 atom stereocenters. The largest absolute Gasteiger partial charge is 0.374 e.